The monoisotopic (exact) mass is 184 g/mol. The fourth-order valence-electron chi connectivity index (χ4n) is 0.662. The second-order valence-corrected chi connectivity index (χ2v) is 9.83. The van der Waals surface area contributed by atoms with Crippen LogP contribution in [0.25, 0.3) is 0 Å². The van der Waals surface area contributed by atoms with E-state index in [2.05, 4.69) is 31.5 Å². The van der Waals surface area contributed by atoms with Gasteiger partial charge in [-0.25, -0.2) is 0 Å². The van der Waals surface area contributed by atoms with E-state index in [9.17, 15) is 5.11 Å². The molecule has 0 radical (unpaired) electrons. The standard InChI is InChI=1S/C10H20OSi/c1-5-10(11)8-6-7-9-12(2,3)4/h10-11H,5,8-9H2,1-4H3. The van der Waals surface area contributed by atoms with Crippen LogP contribution in [0.2, 0.25) is 25.7 Å². The third-order valence-electron chi connectivity index (χ3n) is 1.55. The van der Waals surface area contributed by atoms with Gasteiger partial charge in [0.25, 0.3) is 0 Å². The first-order valence-electron chi connectivity index (χ1n) is 4.59. The highest BCUT2D eigenvalue weighted by atomic mass is 28.3. The van der Waals surface area contributed by atoms with Gasteiger partial charge in [0.2, 0.25) is 0 Å². The predicted molar refractivity (Wildman–Crippen MR) is 56.8 cm³/mol. The highest BCUT2D eigenvalue weighted by molar-refractivity contribution is 6.76. The topological polar surface area (TPSA) is 20.2 Å². The fraction of sp³-hybridized carbons (Fsp3) is 0.800. The normalized spacial score (nSPS) is 13.4. The molecule has 1 N–H and O–H groups in total. The molecule has 0 bridgehead atoms. The molecule has 0 aliphatic carbocycles. The van der Waals surface area contributed by atoms with Crippen molar-refractivity contribution in [3.63, 3.8) is 0 Å². The van der Waals surface area contributed by atoms with Crippen molar-refractivity contribution in [3.8, 4) is 11.8 Å². The van der Waals surface area contributed by atoms with Gasteiger partial charge in [0.1, 0.15) is 0 Å². The lowest BCUT2D eigenvalue weighted by molar-refractivity contribution is 0.176. The molecule has 0 aliphatic rings. The number of hydrogen-bond donors (Lipinski definition) is 1. The summed E-state index contributed by atoms with van der Waals surface area (Å²) in [5.41, 5.74) is 0. The van der Waals surface area contributed by atoms with E-state index in [-0.39, 0.29) is 6.10 Å². The van der Waals surface area contributed by atoms with E-state index < -0.39 is 8.07 Å². The molecular weight excluding hydrogens is 164 g/mol. The largest absolute Gasteiger partial charge is 0.392 e. The Balaban J connectivity index is 3.61. The van der Waals surface area contributed by atoms with E-state index >= 15 is 0 Å². The Bertz CT molecular complexity index is 171. The lowest BCUT2D eigenvalue weighted by Gasteiger charge is -2.09. The van der Waals surface area contributed by atoms with Crippen molar-refractivity contribution >= 4 is 8.07 Å². The molecular formula is C10H20OSi. The number of aliphatic hydroxyl groups excluding tert-OH is 1. The summed E-state index contributed by atoms with van der Waals surface area (Å²) in [7, 11) is -0.995. The van der Waals surface area contributed by atoms with Crippen molar-refractivity contribution < 1.29 is 5.11 Å². The Hall–Kier alpha value is -0.263. The smallest absolute Gasteiger partial charge is 0.0646 e. The van der Waals surface area contributed by atoms with E-state index in [0.717, 1.165) is 12.5 Å². The van der Waals surface area contributed by atoms with Gasteiger partial charge in [-0.3, -0.25) is 0 Å². The van der Waals surface area contributed by atoms with Crippen LogP contribution in [-0.2, 0) is 0 Å². The van der Waals surface area contributed by atoms with E-state index in [4.69, 9.17) is 0 Å². The first-order chi connectivity index (χ1) is 5.45. The number of aliphatic hydroxyl groups is 1. The summed E-state index contributed by atoms with van der Waals surface area (Å²) in [6, 6.07) is 1.05. The molecule has 0 aliphatic heterocycles. The van der Waals surface area contributed by atoms with E-state index in [0.29, 0.717) is 6.42 Å². The van der Waals surface area contributed by atoms with E-state index in [1.54, 1.807) is 0 Å². The molecule has 70 valence electrons. The summed E-state index contributed by atoms with van der Waals surface area (Å²) in [4.78, 5) is 0. The minimum absolute atomic E-state index is 0.223. The average molecular weight is 184 g/mol. The van der Waals surface area contributed by atoms with Crippen molar-refractivity contribution in [1.29, 1.82) is 0 Å². The highest BCUT2D eigenvalue weighted by Crippen LogP contribution is 2.06. The van der Waals surface area contributed by atoms with Gasteiger partial charge in [-0.15, -0.1) is 11.8 Å². The van der Waals surface area contributed by atoms with Gasteiger partial charge in [0.05, 0.1) is 14.2 Å². The maximum atomic E-state index is 9.20. The summed E-state index contributed by atoms with van der Waals surface area (Å²) in [6.07, 6.45) is 1.22. The SMILES string of the molecule is CCC(O)CC#CC[Si](C)(C)C. The Morgan fingerprint density at radius 1 is 1.25 bits per heavy atom. The van der Waals surface area contributed by atoms with Crippen molar-refractivity contribution in [2.24, 2.45) is 0 Å². The molecule has 0 aromatic rings. The van der Waals surface area contributed by atoms with Gasteiger partial charge >= 0.3 is 0 Å². The van der Waals surface area contributed by atoms with Crippen LogP contribution in [0.1, 0.15) is 19.8 Å². The van der Waals surface area contributed by atoms with Crippen LogP contribution in [0.5, 0.6) is 0 Å². The van der Waals surface area contributed by atoms with Gasteiger partial charge < -0.3 is 5.11 Å². The first kappa shape index (κ1) is 11.7. The molecule has 0 spiro atoms. The maximum absolute atomic E-state index is 9.20. The molecule has 0 heterocycles. The zero-order chi connectivity index (χ0) is 9.61. The number of hydrogen-bond acceptors (Lipinski definition) is 1. The molecule has 0 saturated heterocycles. The lowest BCUT2D eigenvalue weighted by Crippen LogP contribution is -2.17. The van der Waals surface area contributed by atoms with Gasteiger partial charge in [-0.1, -0.05) is 26.6 Å². The zero-order valence-electron chi connectivity index (χ0n) is 8.65. The summed E-state index contributed by atoms with van der Waals surface area (Å²) in [5, 5.41) is 9.20. The van der Waals surface area contributed by atoms with E-state index in [1.165, 1.54) is 0 Å². The maximum Gasteiger partial charge on any atom is 0.0646 e. The quantitative estimate of drug-likeness (QED) is 0.528. The molecule has 0 fully saturated rings. The molecule has 2 heteroatoms. The van der Waals surface area contributed by atoms with Crippen LogP contribution in [-0.4, -0.2) is 19.3 Å². The minimum atomic E-state index is -0.995. The second kappa shape index (κ2) is 5.39. The number of rotatable bonds is 3. The van der Waals surface area contributed by atoms with Crippen LogP contribution in [0, 0.1) is 11.8 Å². The molecule has 0 aromatic carbocycles. The molecule has 1 atom stereocenters. The zero-order valence-corrected chi connectivity index (χ0v) is 9.65. The summed E-state index contributed by atoms with van der Waals surface area (Å²) < 4.78 is 0. The van der Waals surface area contributed by atoms with Crippen LogP contribution in [0.3, 0.4) is 0 Å². The molecule has 0 aromatic heterocycles. The van der Waals surface area contributed by atoms with Crippen LogP contribution < -0.4 is 0 Å². The van der Waals surface area contributed by atoms with Crippen molar-refractivity contribution in [2.75, 3.05) is 0 Å². The van der Waals surface area contributed by atoms with Crippen LogP contribution in [0.15, 0.2) is 0 Å². The molecule has 0 rings (SSSR count). The van der Waals surface area contributed by atoms with Gasteiger partial charge in [0.15, 0.2) is 0 Å². The third kappa shape index (κ3) is 7.84. The molecule has 12 heavy (non-hydrogen) atoms. The minimum Gasteiger partial charge on any atom is -0.392 e. The summed E-state index contributed by atoms with van der Waals surface area (Å²) >= 11 is 0. The van der Waals surface area contributed by atoms with Crippen LogP contribution in [0.4, 0.5) is 0 Å². The van der Waals surface area contributed by atoms with Gasteiger partial charge in [-0.2, -0.15) is 0 Å². The molecule has 0 amide bonds. The second-order valence-electron chi connectivity index (χ2n) is 4.36. The fourth-order valence-corrected chi connectivity index (χ4v) is 1.32. The van der Waals surface area contributed by atoms with Gasteiger partial charge in [0, 0.05) is 12.5 Å². The third-order valence-corrected chi connectivity index (χ3v) is 2.79. The molecule has 0 saturated carbocycles. The molecule has 1 unspecified atom stereocenters. The summed E-state index contributed by atoms with van der Waals surface area (Å²) in [6.45, 7) is 8.89. The van der Waals surface area contributed by atoms with Gasteiger partial charge in [-0.05, 0) is 6.42 Å². The predicted octanol–water partition coefficient (Wildman–Crippen LogP) is 2.49. The van der Waals surface area contributed by atoms with Crippen molar-refractivity contribution in [1.82, 2.24) is 0 Å². The van der Waals surface area contributed by atoms with Crippen LogP contribution >= 0.6 is 0 Å². The average Bonchev–Trinajstić information content (AvgIpc) is 1.96. The summed E-state index contributed by atoms with van der Waals surface area (Å²) in [5.74, 6) is 6.17. The Morgan fingerprint density at radius 3 is 2.25 bits per heavy atom. The first-order valence-corrected chi connectivity index (χ1v) is 8.30. The Labute approximate surface area is 77.2 Å². The van der Waals surface area contributed by atoms with E-state index in [1.807, 2.05) is 6.92 Å². The highest BCUT2D eigenvalue weighted by Gasteiger charge is 2.09. The Morgan fingerprint density at radius 2 is 1.83 bits per heavy atom. The lowest BCUT2D eigenvalue weighted by atomic mass is 10.2. The Kier molecular flexibility index (Phi) is 5.28. The van der Waals surface area contributed by atoms with Crippen molar-refractivity contribution in [3.05, 3.63) is 0 Å². The van der Waals surface area contributed by atoms with Crippen molar-refractivity contribution in [2.45, 2.75) is 51.6 Å². The molecule has 1 nitrogen and oxygen atoms in total.